The maximum atomic E-state index is 14.1. The van der Waals surface area contributed by atoms with E-state index in [-0.39, 0.29) is 29.2 Å². The van der Waals surface area contributed by atoms with E-state index in [9.17, 15) is 22.4 Å². The van der Waals surface area contributed by atoms with Crippen LogP contribution in [0.25, 0.3) is 22.3 Å². The van der Waals surface area contributed by atoms with Crippen molar-refractivity contribution >= 4 is 5.97 Å². The highest BCUT2D eigenvalue weighted by Crippen LogP contribution is 2.40. The first kappa shape index (κ1) is 23.0. The Morgan fingerprint density at radius 2 is 1.62 bits per heavy atom. The molecule has 0 aliphatic carbocycles. The van der Waals surface area contributed by atoms with E-state index in [1.807, 2.05) is 0 Å². The molecule has 34 heavy (non-hydrogen) atoms. The smallest absolute Gasteiger partial charge is 0.417 e. The SMILES string of the molecule is O=C(O)c1cc(-c2ccc(COc3ccc(-c4ccccc4F)c(C(F)(F)F)c3)cc2)ccn1. The van der Waals surface area contributed by atoms with Crippen molar-refractivity contribution in [2.75, 3.05) is 0 Å². The number of carbonyl (C=O) groups is 1. The fourth-order valence-corrected chi connectivity index (χ4v) is 3.45. The zero-order chi connectivity index (χ0) is 24.3. The van der Waals surface area contributed by atoms with Gasteiger partial charge in [-0.2, -0.15) is 13.2 Å². The van der Waals surface area contributed by atoms with Gasteiger partial charge in [0.2, 0.25) is 0 Å². The van der Waals surface area contributed by atoms with Crippen LogP contribution in [-0.2, 0) is 12.8 Å². The van der Waals surface area contributed by atoms with Gasteiger partial charge in [-0.25, -0.2) is 14.2 Å². The van der Waals surface area contributed by atoms with Crippen LogP contribution in [0.3, 0.4) is 0 Å². The molecule has 0 saturated carbocycles. The molecule has 0 radical (unpaired) electrons. The molecular weight excluding hydrogens is 450 g/mol. The highest BCUT2D eigenvalue weighted by Gasteiger charge is 2.34. The van der Waals surface area contributed by atoms with Gasteiger partial charge in [0, 0.05) is 11.8 Å². The summed E-state index contributed by atoms with van der Waals surface area (Å²) < 4.78 is 60.7. The van der Waals surface area contributed by atoms with Gasteiger partial charge in [-0.1, -0.05) is 42.5 Å². The minimum atomic E-state index is -4.70. The number of hydrogen-bond acceptors (Lipinski definition) is 3. The second kappa shape index (κ2) is 9.35. The van der Waals surface area contributed by atoms with Crippen molar-refractivity contribution in [3.05, 3.63) is 108 Å². The fourth-order valence-electron chi connectivity index (χ4n) is 3.45. The minimum Gasteiger partial charge on any atom is -0.489 e. The number of alkyl halides is 3. The number of benzene rings is 3. The number of aromatic nitrogens is 1. The maximum Gasteiger partial charge on any atom is 0.417 e. The molecular formula is C26H17F4NO3. The summed E-state index contributed by atoms with van der Waals surface area (Å²) >= 11 is 0. The Labute approximate surface area is 192 Å². The fraction of sp³-hybridized carbons (Fsp3) is 0.0769. The average Bonchev–Trinajstić information content (AvgIpc) is 2.83. The van der Waals surface area contributed by atoms with Gasteiger partial charge in [-0.15, -0.1) is 0 Å². The first-order valence-corrected chi connectivity index (χ1v) is 10.1. The molecule has 0 atom stereocenters. The third-order valence-electron chi connectivity index (χ3n) is 5.13. The lowest BCUT2D eigenvalue weighted by molar-refractivity contribution is -0.137. The largest absolute Gasteiger partial charge is 0.489 e. The summed E-state index contributed by atoms with van der Waals surface area (Å²) in [6.07, 6.45) is -3.29. The monoisotopic (exact) mass is 467 g/mol. The summed E-state index contributed by atoms with van der Waals surface area (Å²) in [6, 6.07) is 18.8. The van der Waals surface area contributed by atoms with Gasteiger partial charge in [0.1, 0.15) is 23.9 Å². The second-order valence-corrected chi connectivity index (χ2v) is 7.41. The van der Waals surface area contributed by atoms with E-state index >= 15 is 0 Å². The lowest BCUT2D eigenvalue weighted by atomic mass is 9.98. The van der Waals surface area contributed by atoms with Crippen LogP contribution < -0.4 is 4.74 Å². The summed E-state index contributed by atoms with van der Waals surface area (Å²) in [7, 11) is 0. The van der Waals surface area contributed by atoms with Crippen molar-refractivity contribution in [1.82, 2.24) is 4.98 Å². The molecule has 0 aliphatic rings. The normalized spacial score (nSPS) is 11.3. The maximum absolute atomic E-state index is 14.1. The Hall–Kier alpha value is -4.20. The van der Waals surface area contributed by atoms with Gasteiger partial charge in [0.25, 0.3) is 0 Å². The summed E-state index contributed by atoms with van der Waals surface area (Å²) in [5, 5.41) is 9.08. The molecule has 4 rings (SSSR count). The van der Waals surface area contributed by atoms with Crippen LogP contribution in [0.1, 0.15) is 21.6 Å². The molecule has 4 aromatic rings. The highest BCUT2D eigenvalue weighted by molar-refractivity contribution is 5.87. The highest BCUT2D eigenvalue weighted by atomic mass is 19.4. The number of ether oxygens (including phenoxy) is 1. The lowest BCUT2D eigenvalue weighted by Gasteiger charge is -2.16. The van der Waals surface area contributed by atoms with Crippen LogP contribution in [0.2, 0.25) is 0 Å². The van der Waals surface area contributed by atoms with E-state index in [1.54, 1.807) is 30.3 Å². The predicted molar refractivity (Wildman–Crippen MR) is 118 cm³/mol. The van der Waals surface area contributed by atoms with E-state index < -0.39 is 23.5 Å². The topological polar surface area (TPSA) is 59.4 Å². The number of pyridine rings is 1. The Morgan fingerprint density at radius 3 is 2.29 bits per heavy atom. The zero-order valence-electron chi connectivity index (χ0n) is 17.5. The number of carboxylic acid groups (broad SMARTS) is 1. The van der Waals surface area contributed by atoms with Crippen molar-refractivity contribution in [3.8, 4) is 28.0 Å². The molecule has 1 N–H and O–H groups in total. The lowest BCUT2D eigenvalue weighted by Crippen LogP contribution is -2.08. The van der Waals surface area contributed by atoms with Crippen molar-refractivity contribution in [2.24, 2.45) is 0 Å². The number of aromatic carboxylic acids is 1. The van der Waals surface area contributed by atoms with Crippen LogP contribution in [0.5, 0.6) is 5.75 Å². The van der Waals surface area contributed by atoms with Gasteiger partial charge in [-0.05, 0) is 58.7 Å². The predicted octanol–water partition coefficient (Wildman–Crippen LogP) is 6.85. The van der Waals surface area contributed by atoms with Gasteiger partial charge in [-0.3, -0.25) is 0 Å². The van der Waals surface area contributed by atoms with Crippen molar-refractivity contribution in [2.45, 2.75) is 12.8 Å². The van der Waals surface area contributed by atoms with E-state index in [1.165, 1.54) is 42.6 Å². The summed E-state index contributed by atoms with van der Waals surface area (Å²) in [6.45, 7) is 0.00728. The third kappa shape index (κ3) is 5.06. The van der Waals surface area contributed by atoms with Gasteiger partial charge >= 0.3 is 12.1 Å². The number of halogens is 4. The Kier molecular flexibility index (Phi) is 6.32. The standard InChI is InChI=1S/C26H17F4NO3/c27-23-4-2-1-3-21(23)20-10-9-19(14-22(20)26(28,29)30)34-15-16-5-7-17(8-6-16)18-11-12-31-24(13-18)25(32)33/h1-14H,15H2,(H,32,33). The number of hydrogen-bond donors (Lipinski definition) is 1. The zero-order valence-corrected chi connectivity index (χ0v) is 17.5. The molecule has 0 fully saturated rings. The van der Waals surface area contributed by atoms with Crippen LogP contribution in [0.4, 0.5) is 17.6 Å². The molecule has 0 saturated heterocycles. The van der Waals surface area contributed by atoms with E-state index in [0.717, 1.165) is 17.7 Å². The van der Waals surface area contributed by atoms with Crippen molar-refractivity contribution in [1.29, 1.82) is 0 Å². The van der Waals surface area contributed by atoms with Crippen LogP contribution in [0, 0.1) is 5.82 Å². The molecule has 0 spiro atoms. The first-order valence-electron chi connectivity index (χ1n) is 10.1. The summed E-state index contributed by atoms with van der Waals surface area (Å²) in [4.78, 5) is 14.9. The van der Waals surface area contributed by atoms with E-state index in [0.29, 0.717) is 11.1 Å². The van der Waals surface area contributed by atoms with Crippen molar-refractivity contribution in [3.63, 3.8) is 0 Å². The first-order chi connectivity index (χ1) is 16.2. The number of carboxylic acids is 1. The summed E-state index contributed by atoms with van der Waals surface area (Å²) in [5.74, 6) is -1.88. The molecule has 0 unspecified atom stereocenters. The van der Waals surface area contributed by atoms with Crippen molar-refractivity contribution < 1.29 is 32.2 Å². The van der Waals surface area contributed by atoms with Crippen LogP contribution in [0.15, 0.2) is 85.1 Å². The summed E-state index contributed by atoms with van der Waals surface area (Å²) in [5.41, 5.74) is 0.643. The number of rotatable bonds is 6. The Balaban J connectivity index is 1.53. The van der Waals surface area contributed by atoms with Crippen LogP contribution >= 0.6 is 0 Å². The molecule has 0 amide bonds. The van der Waals surface area contributed by atoms with Gasteiger partial charge in [0.05, 0.1) is 5.56 Å². The second-order valence-electron chi connectivity index (χ2n) is 7.41. The molecule has 8 heteroatoms. The van der Waals surface area contributed by atoms with E-state index in [2.05, 4.69) is 4.98 Å². The van der Waals surface area contributed by atoms with Gasteiger partial charge < -0.3 is 9.84 Å². The van der Waals surface area contributed by atoms with Gasteiger partial charge in [0.15, 0.2) is 0 Å². The molecule has 172 valence electrons. The Morgan fingerprint density at radius 1 is 0.882 bits per heavy atom. The van der Waals surface area contributed by atoms with Crippen LogP contribution in [-0.4, -0.2) is 16.1 Å². The molecule has 0 aliphatic heterocycles. The molecule has 3 aromatic carbocycles. The third-order valence-corrected chi connectivity index (χ3v) is 5.13. The quantitative estimate of drug-likeness (QED) is 0.315. The Bertz CT molecular complexity index is 1330. The number of nitrogens with zero attached hydrogens (tertiary/aromatic N) is 1. The minimum absolute atomic E-state index is 0.00303. The molecule has 4 nitrogen and oxygen atoms in total. The average molecular weight is 467 g/mol. The molecule has 0 bridgehead atoms. The van der Waals surface area contributed by atoms with E-state index in [4.69, 9.17) is 9.84 Å². The molecule has 1 aromatic heterocycles. The molecule has 1 heterocycles.